The molecule has 1 aromatic carbocycles. The van der Waals surface area contributed by atoms with Crippen molar-refractivity contribution in [3.8, 4) is 6.07 Å². The van der Waals surface area contributed by atoms with Gasteiger partial charge in [-0.15, -0.1) is 0 Å². The van der Waals surface area contributed by atoms with E-state index in [-0.39, 0.29) is 6.04 Å². The van der Waals surface area contributed by atoms with E-state index in [9.17, 15) is 0 Å². The molecule has 0 radical (unpaired) electrons. The highest BCUT2D eigenvalue weighted by Gasteiger charge is 2.13. The molecular formula is C14H16N4. The summed E-state index contributed by atoms with van der Waals surface area (Å²) in [5.74, 6) is 0. The molecular weight excluding hydrogens is 224 g/mol. The molecule has 2 rings (SSSR count). The fourth-order valence-corrected chi connectivity index (χ4v) is 2.01. The summed E-state index contributed by atoms with van der Waals surface area (Å²) in [7, 11) is 1.99. The van der Waals surface area contributed by atoms with Crippen LogP contribution in [0.5, 0.6) is 0 Å². The third kappa shape index (κ3) is 2.07. The first kappa shape index (κ1) is 12.2. The number of pyridine rings is 1. The molecule has 2 aromatic rings. The molecule has 1 aromatic heterocycles. The molecule has 1 atom stereocenters. The van der Waals surface area contributed by atoms with E-state index in [1.165, 1.54) is 0 Å². The van der Waals surface area contributed by atoms with Gasteiger partial charge in [0.25, 0.3) is 0 Å². The second-order valence-electron chi connectivity index (χ2n) is 4.42. The lowest BCUT2D eigenvalue weighted by Crippen LogP contribution is -2.28. The van der Waals surface area contributed by atoms with Crippen molar-refractivity contribution in [1.82, 2.24) is 4.98 Å². The quantitative estimate of drug-likeness (QED) is 0.837. The number of anilines is 2. The zero-order valence-corrected chi connectivity index (χ0v) is 10.6. The minimum absolute atomic E-state index is 0.155. The van der Waals surface area contributed by atoms with Gasteiger partial charge < -0.3 is 10.6 Å². The van der Waals surface area contributed by atoms with Crippen LogP contribution in [-0.2, 0) is 0 Å². The third-order valence-corrected chi connectivity index (χ3v) is 3.26. The Labute approximate surface area is 107 Å². The van der Waals surface area contributed by atoms with Crippen LogP contribution in [0, 0.1) is 11.3 Å². The Kier molecular flexibility index (Phi) is 3.33. The minimum Gasteiger partial charge on any atom is -0.398 e. The maximum atomic E-state index is 8.78. The summed E-state index contributed by atoms with van der Waals surface area (Å²) in [5, 5.41) is 10.8. The number of nitriles is 1. The topological polar surface area (TPSA) is 65.9 Å². The number of aromatic nitrogens is 1. The van der Waals surface area contributed by atoms with Crippen LogP contribution in [0.4, 0.5) is 11.4 Å². The molecule has 0 spiro atoms. The highest BCUT2D eigenvalue weighted by atomic mass is 15.1. The van der Waals surface area contributed by atoms with Gasteiger partial charge in [-0.2, -0.15) is 5.26 Å². The second kappa shape index (κ2) is 4.92. The van der Waals surface area contributed by atoms with E-state index in [0.717, 1.165) is 22.1 Å². The molecule has 0 aliphatic rings. The smallest absolute Gasteiger partial charge is 0.0643 e. The second-order valence-corrected chi connectivity index (χ2v) is 4.42. The summed E-state index contributed by atoms with van der Waals surface area (Å²) < 4.78 is 0. The highest BCUT2D eigenvalue weighted by Crippen LogP contribution is 2.30. The first-order chi connectivity index (χ1) is 8.65. The third-order valence-electron chi connectivity index (χ3n) is 3.26. The Morgan fingerprint density at radius 1 is 1.39 bits per heavy atom. The largest absolute Gasteiger partial charge is 0.398 e. The number of rotatable bonds is 3. The van der Waals surface area contributed by atoms with Crippen molar-refractivity contribution in [1.29, 1.82) is 5.26 Å². The Morgan fingerprint density at radius 2 is 2.17 bits per heavy atom. The van der Waals surface area contributed by atoms with Gasteiger partial charge in [-0.3, -0.25) is 4.98 Å². The fraction of sp³-hybridized carbons (Fsp3) is 0.286. The molecule has 0 fully saturated rings. The Morgan fingerprint density at radius 3 is 2.89 bits per heavy atom. The number of hydrogen-bond acceptors (Lipinski definition) is 4. The van der Waals surface area contributed by atoms with Gasteiger partial charge in [-0.25, -0.2) is 0 Å². The predicted molar refractivity (Wildman–Crippen MR) is 74.3 cm³/mol. The van der Waals surface area contributed by atoms with Crippen molar-refractivity contribution in [3.05, 3.63) is 30.6 Å². The van der Waals surface area contributed by atoms with Gasteiger partial charge in [0.05, 0.1) is 12.5 Å². The number of nitrogens with zero attached hydrogens (tertiary/aromatic N) is 3. The molecule has 1 unspecified atom stereocenters. The van der Waals surface area contributed by atoms with E-state index < -0.39 is 0 Å². The van der Waals surface area contributed by atoms with Gasteiger partial charge >= 0.3 is 0 Å². The van der Waals surface area contributed by atoms with Crippen molar-refractivity contribution < 1.29 is 0 Å². The van der Waals surface area contributed by atoms with Crippen molar-refractivity contribution in [2.24, 2.45) is 0 Å². The number of benzene rings is 1. The fourth-order valence-electron chi connectivity index (χ4n) is 2.01. The highest BCUT2D eigenvalue weighted by molar-refractivity contribution is 6.00. The van der Waals surface area contributed by atoms with Crippen molar-refractivity contribution in [3.63, 3.8) is 0 Å². The van der Waals surface area contributed by atoms with Crippen LogP contribution in [-0.4, -0.2) is 18.1 Å². The number of fused-ring (bicyclic) bond motifs is 1. The monoisotopic (exact) mass is 240 g/mol. The molecule has 0 saturated carbocycles. The summed E-state index contributed by atoms with van der Waals surface area (Å²) in [4.78, 5) is 6.25. The van der Waals surface area contributed by atoms with Crippen LogP contribution in [0.3, 0.4) is 0 Å². The van der Waals surface area contributed by atoms with Crippen molar-refractivity contribution in [2.45, 2.75) is 19.4 Å². The van der Waals surface area contributed by atoms with Gasteiger partial charge in [-0.05, 0) is 25.1 Å². The van der Waals surface area contributed by atoms with Crippen molar-refractivity contribution >= 4 is 22.1 Å². The lowest BCUT2D eigenvalue weighted by Gasteiger charge is -2.26. The van der Waals surface area contributed by atoms with E-state index in [0.29, 0.717) is 6.42 Å². The van der Waals surface area contributed by atoms with E-state index in [4.69, 9.17) is 11.0 Å². The van der Waals surface area contributed by atoms with Crippen LogP contribution in [0.2, 0.25) is 0 Å². The zero-order chi connectivity index (χ0) is 13.1. The van der Waals surface area contributed by atoms with Crippen LogP contribution in [0.1, 0.15) is 13.3 Å². The predicted octanol–water partition coefficient (Wildman–Crippen LogP) is 2.56. The molecule has 4 heteroatoms. The maximum absolute atomic E-state index is 8.78. The van der Waals surface area contributed by atoms with Crippen molar-refractivity contribution in [2.75, 3.05) is 17.7 Å². The van der Waals surface area contributed by atoms with E-state index >= 15 is 0 Å². The molecule has 0 aliphatic heterocycles. The van der Waals surface area contributed by atoms with Crippen LogP contribution in [0.15, 0.2) is 30.6 Å². The summed E-state index contributed by atoms with van der Waals surface area (Å²) in [6.07, 6.45) is 4.04. The summed E-state index contributed by atoms with van der Waals surface area (Å²) in [5.41, 5.74) is 7.76. The van der Waals surface area contributed by atoms with Crippen LogP contribution >= 0.6 is 0 Å². The van der Waals surface area contributed by atoms with Crippen LogP contribution < -0.4 is 10.6 Å². The Hall–Kier alpha value is -2.28. The van der Waals surface area contributed by atoms with E-state index in [1.54, 1.807) is 6.20 Å². The van der Waals surface area contributed by atoms with Gasteiger partial charge in [0.2, 0.25) is 0 Å². The van der Waals surface area contributed by atoms with Gasteiger partial charge in [-0.1, -0.05) is 0 Å². The molecule has 1 heterocycles. The average Bonchev–Trinajstić information content (AvgIpc) is 2.39. The number of nitrogens with two attached hydrogens (primary N) is 1. The average molecular weight is 240 g/mol. The Bertz CT molecular complexity index is 600. The molecule has 0 aliphatic carbocycles. The minimum atomic E-state index is 0.155. The summed E-state index contributed by atoms with van der Waals surface area (Å²) in [6.45, 7) is 2.03. The first-order valence-electron chi connectivity index (χ1n) is 5.87. The molecule has 0 saturated heterocycles. The van der Waals surface area contributed by atoms with Gasteiger partial charge in [0.15, 0.2) is 0 Å². The summed E-state index contributed by atoms with van der Waals surface area (Å²) in [6, 6.07) is 8.14. The lowest BCUT2D eigenvalue weighted by atomic mass is 10.1. The van der Waals surface area contributed by atoms with E-state index in [1.807, 2.05) is 38.4 Å². The number of nitrogen functional groups attached to an aromatic ring is 1. The zero-order valence-electron chi connectivity index (χ0n) is 10.6. The van der Waals surface area contributed by atoms with Crippen LogP contribution in [0.25, 0.3) is 10.8 Å². The van der Waals surface area contributed by atoms with Gasteiger partial charge in [0.1, 0.15) is 0 Å². The molecule has 18 heavy (non-hydrogen) atoms. The standard InChI is InChI=1S/C14H16N4/c1-10(5-7-15)18(2)14-4-3-13(16)11-6-8-17-9-12(11)14/h3-4,6,8-10H,5,16H2,1-2H3. The summed E-state index contributed by atoms with van der Waals surface area (Å²) >= 11 is 0. The molecule has 0 amide bonds. The molecule has 4 nitrogen and oxygen atoms in total. The molecule has 0 bridgehead atoms. The first-order valence-corrected chi connectivity index (χ1v) is 5.87. The van der Waals surface area contributed by atoms with Gasteiger partial charge in [0, 0.05) is 47.6 Å². The molecule has 2 N–H and O–H groups in total. The SMILES string of the molecule is CC(CC#N)N(C)c1ccc(N)c2ccncc12. The Balaban J connectivity index is 2.52. The maximum Gasteiger partial charge on any atom is 0.0643 e. The normalized spacial score (nSPS) is 12.1. The lowest BCUT2D eigenvalue weighted by molar-refractivity contribution is 0.704. The number of hydrogen-bond donors (Lipinski definition) is 1. The van der Waals surface area contributed by atoms with E-state index in [2.05, 4.69) is 16.0 Å². The molecule has 92 valence electrons.